The third-order valence-corrected chi connectivity index (χ3v) is 4.25. The van der Waals surface area contributed by atoms with Gasteiger partial charge in [0, 0.05) is 5.39 Å². The molecule has 20 heavy (non-hydrogen) atoms. The molecule has 0 amide bonds. The van der Waals surface area contributed by atoms with Crippen molar-refractivity contribution in [3.63, 3.8) is 0 Å². The van der Waals surface area contributed by atoms with Crippen LogP contribution in [0.3, 0.4) is 0 Å². The summed E-state index contributed by atoms with van der Waals surface area (Å²) >= 11 is 0. The highest BCUT2D eigenvalue weighted by Crippen LogP contribution is 2.24. The molecular weight excluding hydrogens is 281 g/mol. The summed E-state index contributed by atoms with van der Waals surface area (Å²) in [6.45, 7) is 0. The van der Waals surface area contributed by atoms with Crippen LogP contribution < -0.4 is 4.72 Å². The van der Waals surface area contributed by atoms with E-state index in [1.165, 1.54) is 18.2 Å². The zero-order valence-corrected chi connectivity index (χ0v) is 11.0. The van der Waals surface area contributed by atoms with E-state index in [0.29, 0.717) is 11.2 Å². The summed E-state index contributed by atoms with van der Waals surface area (Å²) in [6, 6.07) is 10.3. The fourth-order valence-corrected chi connectivity index (χ4v) is 3.07. The van der Waals surface area contributed by atoms with Crippen LogP contribution in [0.5, 0.6) is 0 Å². The normalized spacial score (nSPS) is 11.7. The number of hydrogen-bond acceptors (Lipinski definition) is 3. The Kier molecular flexibility index (Phi) is 2.90. The second-order valence-electron chi connectivity index (χ2n) is 4.18. The molecule has 2 aromatic carbocycles. The van der Waals surface area contributed by atoms with E-state index in [0.717, 1.165) is 11.5 Å². The molecule has 3 aromatic rings. The Morgan fingerprint density at radius 3 is 2.70 bits per heavy atom. The molecule has 2 N–H and O–H groups in total. The van der Waals surface area contributed by atoms with Crippen LogP contribution in [-0.4, -0.2) is 18.6 Å². The lowest BCUT2D eigenvalue weighted by Crippen LogP contribution is -2.14. The molecule has 0 radical (unpaired) electrons. The van der Waals surface area contributed by atoms with Crippen LogP contribution in [0, 0.1) is 5.82 Å². The molecule has 0 aliphatic heterocycles. The van der Waals surface area contributed by atoms with Crippen LogP contribution in [0.4, 0.5) is 10.1 Å². The van der Waals surface area contributed by atoms with E-state index in [4.69, 9.17) is 0 Å². The smallest absolute Gasteiger partial charge is 0.264 e. The molecule has 0 saturated heterocycles. The summed E-state index contributed by atoms with van der Waals surface area (Å²) in [7, 11) is -3.99. The Balaban J connectivity index is 2.06. The van der Waals surface area contributed by atoms with E-state index < -0.39 is 20.7 Å². The van der Waals surface area contributed by atoms with Gasteiger partial charge in [-0.25, -0.2) is 12.8 Å². The van der Waals surface area contributed by atoms with Crippen molar-refractivity contribution in [2.45, 2.75) is 4.90 Å². The van der Waals surface area contributed by atoms with Gasteiger partial charge in [-0.15, -0.1) is 0 Å². The van der Waals surface area contributed by atoms with Crippen LogP contribution in [0.15, 0.2) is 53.6 Å². The molecule has 3 rings (SSSR count). The van der Waals surface area contributed by atoms with Crippen LogP contribution in [0.1, 0.15) is 0 Å². The van der Waals surface area contributed by atoms with E-state index in [1.807, 2.05) is 0 Å². The van der Waals surface area contributed by atoms with Crippen molar-refractivity contribution in [2.75, 3.05) is 4.72 Å². The second-order valence-corrected chi connectivity index (χ2v) is 5.83. The number of hydrogen-bond donors (Lipinski definition) is 2. The fraction of sp³-hybridized carbons (Fsp3) is 0. The van der Waals surface area contributed by atoms with Crippen molar-refractivity contribution in [3.05, 3.63) is 54.5 Å². The maximum atomic E-state index is 13.6. The Morgan fingerprint density at radius 2 is 1.90 bits per heavy atom. The number of aromatic nitrogens is 2. The topological polar surface area (TPSA) is 74.8 Å². The lowest BCUT2D eigenvalue weighted by molar-refractivity contribution is 0.570. The number of H-pyrrole nitrogens is 1. The minimum absolute atomic E-state index is 0.322. The first kappa shape index (κ1) is 12.6. The number of nitrogens with zero attached hydrogens (tertiary/aromatic N) is 1. The summed E-state index contributed by atoms with van der Waals surface area (Å²) in [5.74, 6) is -0.795. The maximum absolute atomic E-state index is 13.6. The van der Waals surface area contributed by atoms with E-state index in [1.54, 1.807) is 24.4 Å². The van der Waals surface area contributed by atoms with Crippen molar-refractivity contribution >= 4 is 26.6 Å². The largest absolute Gasteiger partial charge is 0.277 e. The summed E-state index contributed by atoms with van der Waals surface area (Å²) in [5.41, 5.74) is 0.871. The summed E-state index contributed by atoms with van der Waals surface area (Å²) in [5, 5.41) is 7.32. The van der Waals surface area contributed by atoms with Crippen molar-refractivity contribution < 1.29 is 12.8 Å². The van der Waals surface area contributed by atoms with Gasteiger partial charge in [-0.3, -0.25) is 9.82 Å². The van der Waals surface area contributed by atoms with Gasteiger partial charge in [-0.05, 0) is 18.2 Å². The molecule has 1 aromatic heterocycles. The van der Waals surface area contributed by atoms with Gasteiger partial charge in [0.05, 0.1) is 17.4 Å². The van der Waals surface area contributed by atoms with Crippen LogP contribution in [0.2, 0.25) is 0 Å². The number of para-hydroxylation sites is 1. The minimum atomic E-state index is -3.99. The lowest BCUT2D eigenvalue weighted by atomic mass is 10.2. The molecule has 0 aliphatic carbocycles. The zero-order chi connectivity index (χ0) is 14.2. The predicted octanol–water partition coefficient (Wildman–Crippen LogP) is 2.50. The molecule has 0 aliphatic rings. The van der Waals surface area contributed by atoms with Gasteiger partial charge < -0.3 is 0 Å². The Hall–Kier alpha value is -2.41. The van der Waals surface area contributed by atoms with E-state index >= 15 is 0 Å². The molecule has 0 saturated carbocycles. The third kappa shape index (κ3) is 2.12. The molecule has 0 unspecified atom stereocenters. The molecule has 0 spiro atoms. The molecule has 0 atom stereocenters. The standard InChI is InChI=1S/C13H10FN3O2S/c14-10-5-1-2-7-12(10)20(18,19)17-11-6-3-4-9-8-15-16-13(9)11/h1-8,17H,(H,15,16). The minimum Gasteiger partial charge on any atom is -0.277 e. The monoisotopic (exact) mass is 291 g/mol. The Bertz CT molecular complexity index is 874. The van der Waals surface area contributed by atoms with Gasteiger partial charge >= 0.3 is 0 Å². The number of nitrogens with one attached hydrogen (secondary N) is 2. The Labute approximate surface area is 114 Å². The first-order chi connectivity index (χ1) is 9.58. The highest BCUT2D eigenvalue weighted by Gasteiger charge is 2.19. The van der Waals surface area contributed by atoms with Gasteiger partial charge in [0.15, 0.2) is 0 Å². The number of sulfonamides is 1. The number of fused-ring (bicyclic) bond motifs is 1. The number of halogens is 1. The SMILES string of the molecule is O=S(=O)(Nc1cccc2cn[nH]c12)c1ccccc1F. The highest BCUT2D eigenvalue weighted by molar-refractivity contribution is 7.92. The number of benzene rings is 2. The average molecular weight is 291 g/mol. The van der Waals surface area contributed by atoms with Crippen molar-refractivity contribution in [1.82, 2.24) is 10.2 Å². The highest BCUT2D eigenvalue weighted by atomic mass is 32.2. The van der Waals surface area contributed by atoms with Crippen LogP contribution in [0.25, 0.3) is 10.9 Å². The molecular formula is C13H10FN3O2S. The molecule has 7 heteroatoms. The summed E-state index contributed by atoms with van der Waals surface area (Å²) in [4.78, 5) is -0.392. The van der Waals surface area contributed by atoms with Gasteiger partial charge in [0.1, 0.15) is 10.7 Å². The molecule has 0 bridgehead atoms. The first-order valence-corrected chi connectivity index (χ1v) is 7.26. The zero-order valence-electron chi connectivity index (χ0n) is 10.2. The molecule has 102 valence electrons. The van der Waals surface area contributed by atoms with Gasteiger partial charge in [0.2, 0.25) is 0 Å². The van der Waals surface area contributed by atoms with Gasteiger partial charge in [-0.2, -0.15) is 5.10 Å². The van der Waals surface area contributed by atoms with Crippen molar-refractivity contribution in [3.8, 4) is 0 Å². The van der Waals surface area contributed by atoms with E-state index in [9.17, 15) is 12.8 Å². The van der Waals surface area contributed by atoms with Gasteiger partial charge in [0.25, 0.3) is 10.0 Å². The number of rotatable bonds is 3. The quantitative estimate of drug-likeness (QED) is 0.778. The fourth-order valence-electron chi connectivity index (χ4n) is 1.92. The first-order valence-electron chi connectivity index (χ1n) is 5.77. The third-order valence-electron chi connectivity index (χ3n) is 2.85. The maximum Gasteiger partial charge on any atom is 0.264 e. The van der Waals surface area contributed by atoms with E-state index in [-0.39, 0.29) is 0 Å². The summed E-state index contributed by atoms with van der Waals surface area (Å²) < 4.78 is 40.4. The molecule has 5 nitrogen and oxygen atoms in total. The summed E-state index contributed by atoms with van der Waals surface area (Å²) in [6.07, 6.45) is 1.58. The Morgan fingerprint density at radius 1 is 1.10 bits per heavy atom. The van der Waals surface area contributed by atoms with Gasteiger partial charge in [-0.1, -0.05) is 24.3 Å². The van der Waals surface area contributed by atoms with Crippen LogP contribution in [-0.2, 0) is 10.0 Å². The average Bonchev–Trinajstić information content (AvgIpc) is 2.88. The van der Waals surface area contributed by atoms with Crippen LogP contribution >= 0.6 is 0 Å². The van der Waals surface area contributed by atoms with Crippen molar-refractivity contribution in [2.24, 2.45) is 0 Å². The molecule has 0 fully saturated rings. The van der Waals surface area contributed by atoms with E-state index in [2.05, 4.69) is 14.9 Å². The van der Waals surface area contributed by atoms with Crippen molar-refractivity contribution in [1.29, 1.82) is 0 Å². The number of anilines is 1. The predicted molar refractivity (Wildman–Crippen MR) is 73.3 cm³/mol. The molecule has 1 heterocycles. The second kappa shape index (κ2) is 4.61. The number of aromatic amines is 1. The lowest BCUT2D eigenvalue weighted by Gasteiger charge is -2.09.